The Kier molecular flexibility index (Phi) is 5.27. The molecule has 1 saturated heterocycles. The number of hydrogen-bond donors (Lipinski definition) is 0. The van der Waals surface area contributed by atoms with Gasteiger partial charge in [0.2, 0.25) is 5.91 Å². The summed E-state index contributed by atoms with van der Waals surface area (Å²) in [6, 6.07) is 6.66. The molecule has 3 heterocycles. The maximum atomic E-state index is 14.3. The van der Waals surface area contributed by atoms with E-state index >= 15 is 0 Å². The van der Waals surface area contributed by atoms with Crippen LogP contribution in [-0.2, 0) is 17.8 Å². The number of carbonyl (C=O) groups is 1. The first-order valence-electron chi connectivity index (χ1n) is 11.2. The molecule has 2 fully saturated rings. The molecule has 1 amide bonds. The normalized spacial score (nSPS) is 20.5. The molecule has 0 N–H and O–H groups in total. The molecule has 0 unspecified atom stereocenters. The van der Waals surface area contributed by atoms with Crippen LogP contribution in [0.15, 0.2) is 24.3 Å². The van der Waals surface area contributed by atoms with Gasteiger partial charge >= 0.3 is 0 Å². The molecule has 0 atom stereocenters. The molecule has 0 bridgehead atoms. The van der Waals surface area contributed by atoms with Gasteiger partial charge in [0.05, 0.1) is 6.54 Å². The van der Waals surface area contributed by atoms with Crippen LogP contribution in [0.4, 0.5) is 10.2 Å². The van der Waals surface area contributed by atoms with Crippen LogP contribution in [0.5, 0.6) is 0 Å². The molecule has 5 rings (SSSR count). The number of rotatable bonds is 5. The Hall–Kier alpha value is -2.34. The third-order valence-electron chi connectivity index (χ3n) is 6.81. The summed E-state index contributed by atoms with van der Waals surface area (Å²) in [6.45, 7) is 5.66. The van der Waals surface area contributed by atoms with E-state index in [0.717, 1.165) is 48.9 Å². The second-order valence-electron chi connectivity index (χ2n) is 9.06. The quantitative estimate of drug-likeness (QED) is 0.751. The number of piperidine rings is 1. The summed E-state index contributed by atoms with van der Waals surface area (Å²) in [5, 5.41) is 0. The lowest BCUT2D eigenvalue weighted by molar-refractivity contribution is -0.119. The number of likely N-dealkylation sites (tertiary alicyclic amines) is 1. The van der Waals surface area contributed by atoms with Crippen molar-refractivity contribution >= 4 is 11.7 Å². The molecule has 6 heteroatoms. The lowest BCUT2D eigenvalue weighted by Gasteiger charge is -2.33. The summed E-state index contributed by atoms with van der Waals surface area (Å²) in [7, 11) is 0. The summed E-state index contributed by atoms with van der Waals surface area (Å²) < 4.78 is 14.3. The molecular formula is C24H29FN4O. The van der Waals surface area contributed by atoms with Gasteiger partial charge in [0.25, 0.3) is 0 Å². The number of amides is 1. The molecule has 30 heavy (non-hydrogen) atoms. The van der Waals surface area contributed by atoms with E-state index in [0.29, 0.717) is 30.1 Å². The second-order valence-corrected chi connectivity index (χ2v) is 9.06. The first-order chi connectivity index (χ1) is 14.6. The largest absolute Gasteiger partial charge is 0.303 e. The molecule has 1 aliphatic carbocycles. The lowest BCUT2D eigenvalue weighted by atomic mass is 9.94. The topological polar surface area (TPSA) is 49.3 Å². The summed E-state index contributed by atoms with van der Waals surface area (Å²) in [6.07, 6.45) is 5.98. The highest BCUT2D eigenvalue weighted by Crippen LogP contribution is 2.35. The van der Waals surface area contributed by atoms with E-state index in [1.54, 1.807) is 23.1 Å². The smallest absolute Gasteiger partial charge is 0.228 e. The second kappa shape index (κ2) is 8.06. The number of anilines is 1. The van der Waals surface area contributed by atoms with Crippen molar-refractivity contribution < 1.29 is 9.18 Å². The van der Waals surface area contributed by atoms with E-state index in [1.807, 2.05) is 6.92 Å². The Balaban J connectivity index is 1.39. The van der Waals surface area contributed by atoms with Gasteiger partial charge in [-0.1, -0.05) is 18.2 Å². The molecule has 5 nitrogen and oxygen atoms in total. The van der Waals surface area contributed by atoms with Crippen LogP contribution in [0.3, 0.4) is 0 Å². The minimum absolute atomic E-state index is 0.00838. The van der Waals surface area contributed by atoms with Crippen molar-refractivity contribution in [3.63, 3.8) is 0 Å². The molecule has 1 saturated carbocycles. The van der Waals surface area contributed by atoms with Gasteiger partial charge in [-0.05, 0) is 64.1 Å². The van der Waals surface area contributed by atoms with Crippen molar-refractivity contribution in [3.05, 3.63) is 52.7 Å². The van der Waals surface area contributed by atoms with Crippen LogP contribution >= 0.6 is 0 Å². The van der Waals surface area contributed by atoms with Crippen LogP contribution in [0, 0.1) is 18.7 Å². The average molecular weight is 409 g/mol. The predicted octanol–water partition coefficient (Wildman–Crippen LogP) is 3.99. The van der Waals surface area contributed by atoms with Crippen LogP contribution in [0.1, 0.15) is 60.7 Å². The van der Waals surface area contributed by atoms with Gasteiger partial charge < -0.3 is 4.90 Å². The number of fused-ring (bicyclic) bond motifs is 1. The number of hydrogen-bond acceptors (Lipinski definition) is 4. The minimum Gasteiger partial charge on any atom is -0.303 e. The summed E-state index contributed by atoms with van der Waals surface area (Å²) in [5.41, 5.74) is 2.51. The van der Waals surface area contributed by atoms with Crippen molar-refractivity contribution in [1.29, 1.82) is 0 Å². The van der Waals surface area contributed by atoms with E-state index in [9.17, 15) is 9.18 Å². The first kappa shape index (κ1) is 19.6. The van der Waals surface area contributed by atoms with Gasteiger partial charge in [0, 0.05) is 35.7 Å². The van der Waals surface area contributed by atoms with Gasteiger partial charge in [0.1, 0.15) is 17.5 Å². The fraction of sp³-hybridized carbons (Fsp3) is 0.542. The van der Waals surface area contributed by atoms with Gasteiger partial charge in [-0.2, -0.15) is 0 Å². The van der Waals surface area contributed by atoms with Crippen LogP contribution in [-0.4, -0.2) is 40.4 Å². The molecular weight excluding hydrogens is 379 g/mol. The van der Waals surface area contributed by atoms with Crippen molar-refractivity contribution in [2.24, 2.45) is 5.92 Å². The van der Waals surface area contributed by atoms with E-state index in [4.69, 9.17) is 9.97 Å². The number of benzene rings is 1. The highest BCUT2D eigenvalue weighted by molar-refractivity contribution is 5.95. The van der Waals surface area contributed by atoms with Crippen molar-refractivity contribution in [1.82, 2.24) is 14.9 Å². The minimum atomic E-state index is -0.286. The predicted molar refractivity (Wildman–Crippen MR) is 114 cm³/mol. The van der Waals surface area contributed by atoms with E-state index in [1.165, 1.54) is 25.5 Å². The lowest BCUT2D eigenvalue weighted by Crippen LogP contribution is -2.37. The first-order valence-corrected chi connectivity index (χ1v) is 11.2. The molecule has 158 valence electrons. The Labute approximate surface area is 177 Å². The summed E-state index contributed by atoms with van der Waals surface area (Å²) in [4.78, 5) is 26.8. The molecule has 0 radical (unpaired) electrons. The molecule has 3 aliphatic rings. The number of carbonyl (C=O) groups excluding carboxylic acids is 1. The molecule has 2 aromatic rings. The van der Waals surface area contributed by atoms with Crippen molar-refractivity contribution in [2.45, 2.75) is 57.9 Å². The fourth-order valence-corrected chi connectivity index (χ4v) is 4.78. The van der Waals surface area contributed by atoms with E-state index < -0.39 is 0 Å². The van der Waals surface area contributed by atoms with E-state index in [2.05, 4.69) is 4.90 Å². The average Bonchev–Trinajstić information content (AvgIpc) is 3.56. The highest BCUT2D eigenvalue weighted by atomic mass is 19.1. The Bertz CT molecular complexity index is 950. The highest BCUT2D eigenvalue weighted by Gasteiger charge is 2.32. The number of nitrogens with zero attached hydrogens (tertiary/aromatic N) is 4. The van der Waals surface area contributed by atoms with Crippen molar-refractivity contribution in [3.8, 4) is 0 Å². The zero-order valence-corrected chi connectivity index (χ0v) is 17.6. The maximum absolute atomic E-state index is 14.3. The zero-order chi connectivity index (χ0) is 20.7. The van der Waals surface area contributed by atoms with Crippen LogP contribution in [0.25, 0.3) is 0 Å². The summed E-state index contributed by atoms with van der Waals surface area (Å²) in [5.74, 6) is 2.52. The van der Waals surface area contributed by atoms with Gasteiger partial charge in [-0.25, -0.2) is 14.4 Å². The number of halogens is 1. The van der Waals surface area contributed by atoms with E-state index in [-0.39, 0.29) is 18.3 Å². The zero-order valence-electron chi connectivity index (χ0n) is 17.6. The standard InChI is InChI=1S/C24H29FN4O/c1-16-20-8-9-22(30)29(15-19-4-2-3-5-21(19)25)24(20)27-23(26-16)18-10-12-28(13-11-18)14-17-6-7-17/h2-5,17-18H,6-15H2,1H3. The SMILES string of the molecule is Cc1nc(C2CCN(CC3CC3)CC2)nc2c1CCC(=O)N2Cc1ccccc1F. The number of aromatic nitrogens is 2. The van der Waals surface area contributed by atoms with Gasteiger partial charge in [-0.15, -0.1) is 0 Å². The molecule has 1 aromatic heterocycles. The van der Waals surface area contributed by atoms with Crippen LogP contribution < -0.4 is 4.90 Å². The molecule has 1 aromatic carbocycles. The van der Waals surface area contributed by atoms with Gasteiger partial charge in [-0.3, -0.25) is 9.69 Å². The Morgan fingerprint density at radius 3 is 2.57 bits per heavy atom. The third kappa shape index (κ3) is 3.97. The van der Waals surface area contributed by atoms with Gasteiger partial charge in [0.15, 0.2) is 0 Å². The maximum Gasteiger partial charge on any atom is 0.228 e. The fourth-order valence-electron chi connectivity index (χ4n) is 4.78. The molecule has 0 spiro atoms. The van der Waals surface area contributed by atoms with Crippen LogP contribution in [0.2, 0.25) is 0 Å². The Morgan fingerprint density at radius 2 is 1.83 bits per heavy atom. The summed E-state index contributed by atoms with van der Waals surface area (Å²) >= 11 is 0. The third-order valence-corrected chi connectivity index (χ3v) is 6.81. The molecule has 2 aliphatic heterocycles. The number of aryl methyl sites for hydroxylation is 1. The van der Waals surface area contributed by atoms with Crippen molar-refractivity contribution in [2.75, 3.05) is 24.5 Å². The monoisotopic (exact) mass is 408 g/mol. The Morgan fingerprint density at radius 1 is 1.07 bits per heavy atom.